The van der Waals surface area contributed by atoms with E-state index in [0.29, 0.717) is 38.2 Å². The summed E-state index contributed by atoms with van der Waals surface area (Å²) in [6.07, 6.45) is 0. The minimum absolute atomic E-state index is 0.0452. The molecule has 1 heteroatoms. The van der Waals surface area contributed by atoms with Crippen molar-refractivity contribution < 1.29 is 19.5 Å². The summed E-state index contributed by atoms with van der Waals surface area (Å²) in [5.74, 6) is 0. The van der Waals surface area contributed by atoms with Crippen LogP contribution < -0.4 is 0 Å². The zero-order valence-electron chi connectivity index (χ0n) is 33.6. The molecule has 0 bridgehead atoms. The van der Waals surface area contributed by atoms with Crippen molar-refractivity contribution in [3.63, 3.8) is 0 Å². The van der Waals surface area contributed by atoms with Gasteiger partial charge in [-0.2, -0.15) is 0 Å². The van der Waals surface area contributed by atoms with Gasteiger partial charge in [0.15, 0.2) is 0 Å². The molecule has 0 aliphatic rings. The molecule has 0 saturated carbocycles. The Hall–Kier alpha value is -5.66. The molecule has 9 aromatic rings. The predicted octanol–water partition coefficient (Wildman–Crippen LogP) is 12.0. The van der Waals surface area contributed by atoms with Crippen LogP contribution in [-0.2, 0) is 0 Å². The lowest BCUT2D eigenvalue weighted by molar-refractivity contribution is 0.669. The first kappa shape index (κ1) is 15.5. The molecule has 8 aromatic carbocycles. The lowest BCUT2D eigenvalue weighted by atomic mass is 9.85. The summed E-state index contributed by atoms with van der Waals surface area (Å²) in [7, 11) is 0. The van der Waals surface area contributed by atoms with Crippen molar-refractivity contribution in [2.24, 2.45) is 0 Å². The van der Waals surface area contributed by atoms with Crippen molar-refractivity contribution in [2.45, 2.75) is 0 Å². The second-order valence-electron chi connectivity index (χ2n) is 10.4. The van der Waals surface area contributed by atoms with E-state index < -0.39 is 24.2 Å². The van der Waals surface area contributed by atoms with Crippen molar-refractivity contribution in [3.8, 4) is 33.4 Å². The lowest BCUT2D eigenvalue weighted by Gasteiger charge is -2.18. The van der Waals surface area contributed by atoms with Gasteiger partial charge in [-0.1, -0.05) is 133 Å². The predicted molar refractivity (Wildman–Crippen MR) is 183 cm³/mol. The van der Waals surface area contributed by atoms with Crippen LogP contribution in [0, 0.1) is 0 Å². The molecule has 0 radical (unpaired) electrons. The zero-order chi connectivity index (χ0) is 37.9. The Labute approximate surface area is 264 Å². The maximum Gasteiger partial charge on any atom is 0.136 e. The van der Waals surface area contributed by atoms with E-state index in [1.54, 1.807) is 54.6 Å². The summed E-state index contributed by atoms with van der Waals surface area (Å²) < 4.78 is 104. The molecule has 0 amide bonds. The van der Waals surface area contributed by atoms with Crippen LogP contribution in [0.5, 0.6) is 0 Å². The van der Waals surface area contributed by atoms with Crippen LogP contribution in [0.4, 0.5) is 0 Å². The van der Waals surface area contributed by atoms with Gasteiger partial charge < -0.3 is 4.42 Å². The lowest BCUT2D eigenvalue weighted by Crippen LogP contribution is -1.91. The van der Waals surface area contributed by atoms with Crippen LogP contribution in [0.1, 0.15) is 15.1 Å². The number of hydrogen-bond donors (Lipinski definition) is 0. The molecule has 0 fully saturated rings. The molecular formula is C42H26O. The maximum atomic E-state index is 9.42. The molecule has 0 aliphatic carbocycles. The second-order valence-corrected chi connectivity index (χ2v) is 10.4. The summed E-state index contributed by atoms with van der Waals surface area (Å²) in [6, 6.07) is 23.9. The molecule has 200 valence electrons. The highest BCUT2D eigenvalue weighted by molar-refractivity contribution is 6.22. The molecule has 1 nitrogen and oxygen atoms in total. The van der Waals surface area contributed by atoms with Gasteiger partial charge in [0, 0.05) is 10.8 Å². The van der Waals surface area contributed by atoms with E-state index in [9.17, 15) is 8.22 Å². The number of benzene rings is 8. The molecule has 0 N–H and O–H groups in total. The monoisotopic (exact) mass is 557 g/mol. The minimum atomic E-state index is -0.511. The Balaban J connectivity index is 1.37. The molecule has 1 aromatic heterocycles. The standard InChI is InChI=1S/C42H26O/c1-2-10-30-25-31(22-19-27(30)9-1)28-17-20-29(21-18-28)41-35-12-3-5-14-37(35)42(38-15-6-4-13-36(38)41)32-23-24-34-33-11-7-8-16-39(33)43-40(34)26-32/h1-26H/i7D,8D,11D,16D,17D,18D,20D,21D,23D,24D,26D. The highest BCUT2D eigenvalue weighted by Crippen LogP contribution is 2.45. The molecule has 0 saturated heterocycles. The Morgan fingerprint density at radius 2 is 0.953 bits per heavy atom. The van der Waals surface area contributed by atoms with E-state index in [-0.39, 0.29) is 80.9 Å². The van der Waals surface area contributed by atoms with Gasteiger partial charge in [0.25, 0.3) is 0 Å². The van der Waals surface area contributed by atoms with Crippen molar-refractivity contribution in [1.82, 2.24) is 0 Å². The van der Waals surface area contributed by atoms with E-state index in [4.69, 9.17) is 11.3 Å². The second kappa shape index (κ2) is 9.44. The van der Waals surface area contributed by atoms with Crippen molar-refractivity contribution >= 4 is 54.3 Å². The number of fused-ring (bicyclic) bond motifs is 6. The van der Waals surface area contributed by atoms with Crippen LogP contribution in [0.3, 0.4) is 0 Å². The van der Waals surface area contributed by atoms with Crippen molar-refractivity contribution in [1.29, 1.82) is 0 Å². The van der Waals surface area contributed by atoms with Gasteiger partial charge in [0.2, 0.25) is 0 Å². The SMILES string of the molecule is [2H]c1c([2H])c(-c2c3ccccc3c(-c3c([2H])c([2H])c4c(oc5c([2H])c([2H])c([2H])c([2H])c54)c3[2H])c3ccccc23)c([2H])c([2H])c1-c1ccc2ccccc2c1. The molecule has 9 rings (SSSR count). The highest BCUT2D eigenvalue weighted by Gasteiger charge is 2.17. The van der Waals surface area contributed by atoms with Crippen LogP contribution in [0.25, 0.3) is 87.6 Å². The third-order valence-corrected chi connectivity index (χ3v) is 7.98. The van der Waals surface area contributed by atoms with Gasteiger partial charge in [0.05, 0.1) is 15.1 Å². The summed E-state index contributed by atoms with van der Waals surface area (Å²) in [4.78, 5) is 0. The number of para-hydroxylation sites is 1. The molecule has 0 aliphatic heterocycles. The zero-order valence-corrected chi connectivity index (χ0v) is 22.6. The van der Waals surface area contributed by atoms with Crippen LogP contribution in [-0.4, -0.2) is 0 Å². The molecule has 43 heavy (non-hydrogen) atoms. The quantitative estimate of drug-likeness (QED) is 0.197. The fraction of sp³-hybridized carbons (Fsp3) is 0. The molecule has 1 heterocycles. The highest BCUT2D eigenvalue weighted by atomic mass is 16.3. The average Bonchev–Trinajstić information content (AvgIpc) is 3.60. The third-order valence-electron chi connectivity index (χ3n) is 7.98. The number of rotatable bonds is 3. The smallest absolute Gasteiger partial charge is 0.136 e. The van der Waals surface area contributed by atoms with Gasteiger partial charge in [-0.25, -0.2) is 0 Å². The summed E-state index contributed by atoms with van der Waals surface area (Å²) >= 11 is 0. The summed E-state index contributed by atoms with van der Waals surface area (Å²) in [5, 5.41) is 3.93. The van der Waals surface area contributed by atoms with Crippen LogP contribution >= 0.6 is 0 Å². The molecule has 0 unspecified atom stereocenters. The van der Waals surface area contributed by atoms with E-state index in [1.165, 1.54) is 0 Å². The van der Waals surface area contributed by atoms with Gasteiger partial charge in [0.1, 0.15) is 11.2 Å². The van der Waals surface area contributed by atoms with Gasteiger partial charge in [-0.3, -0.25) is 0 Å². The third kappa shape index (κ3) is 3.79. The average molecular weight is 558 g/mol. The molecule has 0 atom stereocenters. The Morgan fingerprint density at radius 1 is 0.395 bits per heavy atom. The van der Waals surface area contributed by atoms with Crippen LogP contribution in [0.2, 0.25) is 0 Å². The van der Waals surface area contributed by atoms with E-state index in [2.05, 4.69) is 0 Å². The number of furan rings is 1. The van der Waals surface area contributed by atoms with Gasteiger partial charge in [-0.05, 0) is 89.9 Å². The fourth-order valence-electron chi connectivity index (χ4n) is 6.02. The summed E-state index contributed by atoms with van der Waals surface area (Å²) in [5.41, 5.74) is 1.42. The van der Waals surface area contributed by atoms with E-state index >= 15 is 0 Å². The first-order chi connectivity index (χ1) is 25.9. The van der Waals surface area contributed by atoms with E-state index in [0.717, 1.165) is 10.8 Å². The normalized spacial score (nSPS) is 15.3. The Morgan fingerprint density at radius 3 is 1.67 bits per heavy atom. The maximum absolute atomic E-state index is 9.42. The topological polar surface area (TPSA) is 13.1 Å². The minimum Gasteiger partial charge on any atom is -0.456 e. The Bertz CT molecular complexity index is 3040. The molecular weight excluding hydrogens is 520 g/mol. The number of hydrogen-bond acceptors (Lipinski definition) is 1. The van der Waals surface area contributed by atoms with Gasteiger partial charge >= 0.3 is 0 Å². The first-order valence-corrected chi connectivity index (χ1v) is 13.9. The van der Waals surface area contributed by atoms with Gasteiger partial charge in [-0.15, -0.1) is 0 Å². The van der Waals surface area contributed by atoms with Crippen molar-refractivity contribution in [2.75, 3.05) is 0 Å². The fourth-order valence-corrected chi connectivity index (χ4v) is 6.02. The van der Waals surface area contributed by atoms with Crippen molar-refractivity contribution in [3.05, 3.63) is 157 Å². The largest absolute Gasteiger partial charge is 0.456 e. The summed E-state index contributed by atoms with van der Waals surface area (Å²) in [6.45, 7) is 0. The Kier molecular flexibility index (Phi) is 3.41. The van der Waals surface area contributed by atoms with Crippen LogP contribution in [0.15, 0.2) is 162 Å². The first-order valence-electron chi connectivity index (χ1n) is 19.4. The molecule has 0 spiro atoms. The van der Waals surface area contributed by atoms with E-state index in [1.807, 2.05) is 36.4 Å².